The second-order valence-corrected chi connectivity index (χ2v) is 3.54. The number of nitrogens with two attached hydrogens (primary N) is 1. The van der Waals surface area contributed by atoms with Crippen LogP contribution in [0.4, 0.5) is 0 Å². The summed E-state index contributed by atoms with van der Waals surface area (Å²) in [6.45, 7) is 3.09. The number of rotatable bonds is 5. The zero-order chi connectivity index (χ0) is 9.82. The molecule has 12 heavy (non-hydrogen) atoms. The van der Waals surface area contributed by atoms with Crippen molar-refractivity contribution >= 4 is 0 Å². The van der Waals surface area contributed by atoms with Gasteiger partial charge in [0.05, 0.1) is 0 Å². The zero-order valence-electron chi connectivity index (χ0n) is 9.27. The molecule has 0 heterocycles. The number of hydrogen-bond donors (Lipinski definition) is 1. The molecule has 0 aliphatic heterocycles. The molecule has 0 aromatic carbocycles. The SMILES string of the molecule is CCCCCCCN.CN(C)C. The summed E-state index contributed by atoms with van der Waals surface area (Å²) in [6, 6.07) is 0. The normalized spacial score (nSPS) is 9.50. The van der Waals surface area contributed by atoms with Gasteiger partial charge in [0.25, 0.3) is 0 Å². The highest BCUT2D eigenvalue weighted by Gasteiger charge is 1.83. The maximum absolute atomic E-state index is 5.31. The Bertz CT molecular complexity index is 54.1. The minimum Gasteiger partial charge on any atom is -0.330 e. The van der Waals surface area contributed by atoms with E-state index in [4.69, 9.17) is 5.73 Å². The van der Waals surface area contributed by atoms with Gasteiger partial charge in [-0.1, -0.05) is 32.6 Å². The van der Waals surface area contributed by atoms with Gasteiger partial charge in [0.2, 0.25) is 0 Å². The minimum atomic E-state index is 0.865. The standard InChI is InChI=1S/C7H17N.C3H9N/c1-2-3-4-5-6-7-8;1-4(2)3/h2-8H2,1H3;1-3H3. The molecule has 0 fully saturated rings. The molecule has 76 valence electrons. The third kappa shape index (κ3) is 32.6. The molecular weight excluding hydrogens is 148 g/mol. The molecule has 0 bridgehead atoms. The van der Waals surface area contributed by atoms with E-state index in [2.05, 4.69) is 6.92 Å². The minimum absolute atomic E-state index is 0.865. The summed E-state index contributed by atoms with van der Waals surface area (Å²) >= 11 is 0. The van der Waals surface area contributed by atoms with Crippen LogP contribution in [0, 0.1) is 0 Å². The Kier molecular flexibility index (Phi) is 16.3. The smallest absolute Gasteiger partial charge is 0.00773 e. The molecule has 0 spiro atoms. The highest BCUT2D eigenvalue weighted by molar-refractivity contribution is 4.41. The molecule has 0 aliphatic carbocycles. The number of nitrogens with zero attached hydrogens (tertiary/aromatic N) is 1. The molecule has 0 aromatic rings. The molecule has 0 aliphatic rings. The average molecular weight is 174 g/mol. The third-order valence-electron chi connectivity index (χ3n) is 1.31. The predicted molar refractivity (Wildman–Crippen MR) is 57.4 cm³/mol. The second-order valence-electron chi connectivity index (χ2n) is 3.54. The summed E-state index contributed by atoms with van der Waals surface area (Å²) < 4.78 is 0. The highest BCUT2D eigenvalue weighted by atomic mass is 15.0. The van der Waals surface area contributed by atoms with Crippen molar-refractivity contribution in [2.75, 3.05) is 27.7 Å². The number of hydrogen-bond acceptors (Lipinski definition) is 2. The van der Waals surface area contributed by atoms with Crippen LogP contribution in [-0.4, -0.2) is 32.6 Å². The average Bonchev–Trinajstić information content (AvgIpc) is 1.97. The Hall–Kier alpha value is -0.0800. The first kappa shape index (κ1) is 14.4. The molecule has 2 N–H and O–H groups in total. The van der Waals surface area contributed by atoms with Crippen molar-refractivity contribution in [2.24, 2.45) is 5.73 Å². The monoisotopic (exact) mass is 174 g/mol. The lowest BCUT2D eigenvalue weighted by molar-refractivity contribution is 0.505. The lowest BCUT2D eigenvalue weighted by atomic mass is 10.2. The van der Waals surface area contributed by atoms with E-state index in [-0.39, 0.29) is 0 Å². The summed E-state index contributed by atoms with van der Waals surface area (Å²) in [5.41, 5.74) is 5.31. The predicted octanol–water partition coefficient (Wildman–Crippen LogP) is 2.09. The van der Waals surface area contributed by atoms with Gasteiger partial charge in [0.1, 0.15) is 0 Å². The molecule has 0 aromatic heterocycles. The number of unbranched alkanes of at least 4 members (excludes halogenated alkanes) is 4. The van der Waals surface area contributed by atoms with E-state index in [1.165, 1.54) is 32.1 Å². The van der Waals surface area contributed by atoms with E-state index < -0.39 is 0 Å². The molecule has 2 heteroatoms. The van der Waals surface area contributed by atoms with Crippen LogP contribution in [0.25, 0.3) is 0 Å². The third-order valence-corrected chi connectivity index (χ3v) is 1.31. The van der Waals surface area contributed by atoms with Crippen molar-refractivity contribution in [1.29, 1.82) is 0 Å². The molecule has 0 radical (unpaired) electrons. The fourth-order valence-electron chi connectivity index (χ4n) is 0.748. The van der Waals surface area contributed by atoms with Crippen LogP contribution in [-0.2, 0) is 0 Å². The van der Waals surface area contributed by atoms with Crippen molar-refractivity contribution in [2.45, 2.75) is 39.0 Å². The van der Waals surface area contributed by atoms with Gasteiger partial charge < -0.3 is 10.6 Å². The van der Waals surface area contributed by atoms with Gasteiger partial charge in [0.15, 0.2) is 0 Å². The molecule has 0 amide bonds. The van der Waals surface area contributed by atoms with E-state index in [0.29, 0.717) is 0 Å². The van der Waals surface area contributed by atoms with Gasteiger partial charge in [-0.3, -0.25) is 0 Å². The fraction of sp³-hybridized carbons (Fsp3) is 1.00. The van der Waals surface area contributed by atoms with Gasteiger partial charge in [-0.15, -0.1) is 0 Å². The second kappa shape index (κ2) is 13.5. The molecule has 0 atom stereocenters. The van der Waals surface area contributed by atoms with Crippen LogP contribution in [0.3, 0.4) is 0 Å². The Balaban J connectivity index is 0. The van der Waals surface area contributed by atoms with E-state index >= 15 is 0 Å². The van der Waals surface area contributed by atoms with E-state index in [1.807, 2.05) is 26.0 Å². The highest BCUT2D eigenvalue weighted by Crippen LogP contribution is 2.00. The van der Waals surface area contributed by atoms with Crippen molar-refractivity contribution in [3.63, 3.8) is 0 Å². The summed E-state index contributed by atoms with van der Waals surface area (Å²) in [5.74, 6) is 0. The van der Waals surface area contributed by atoms with Crippen LogP contribution in [0.5, 0.6) is 0 Å². The topological polar surface area (TPSA) is 29.3 Å². The van der Waals surface area contributed by atoms with Crippen LogP contribution in [0.2, 0.25) is 0 Å². The van der Waals surface area contributed by atoms with Gasteiger partial charge in [-0.25, -0.2) is 0 Å². The lowest BCUT2D eigenvalue weighted by Crippen LogP contribution is -1.99. The van der Waals surface area contributed by atoms with Crippen LogP contribution in [0.15, 0.2) is 0 Å². The van der Waals surface area contributed by atoms with Crippen LogP contribution in [0.1, 0.15) is 39.0 Å². The van der Waals surface area contributed by atoms with Crippen molar-refractivity contribution in [3.8, 4) is 0 Å². The fourth-order valence-corrected chi connectivity index (χ4v) is 0.748. The Morgan fingerprint density at radius 2 is 1.33 bits per heavy atom. The Morgan fingerprint density at radius 1 is 0.917 bits per heavy atom. The lowest BCUT2D eigenvalue weighted by Gasteiger charge is -1.93. The van der Waals surface area contributed by atoms with Crippen LogP contribution >= 0.6 is 0 Å². The van der Waals surface area contributed by atoms with Gasteiger partial charge >= 0.3 is 0 Å². The quantitative estimate of drug-likeness (QED) is 0.647. The first-order chi connectivity index (χ1) is 5.65. The molecular formula is C10H26N2. The van der Waals surface area contributed by atoms with Gasteiger partial charge in [0, 0.05) is 0 Å². The summed E-state index contributed by atoms with van der Waals surface area (Å²) in [7, 11) is 6.00. The van der Waals surface area contributed by atoms with E-state index in [1.54, 1.807) is 0 Å². The van der Waals surface area contributed by atoms with Crippen molar-refractivity contribution in [1.82, 2.24) is 4.90 Å². The van der Waals surface area contributed by atoms with Crippen molar-refractivity contribution < 1.29 is 0 Å². The largest absolute Gasteiger partial charge is 0.330 e. The molecule has 0 saturated heterocycles. The maximum Gasteiger partial charge on any atom is -0.00773 e. The van der Waals surface area contributed by atoms with Gasteiger partial charge in [-0.05, 0) is 34.1 Å². The van der Waals surface area contributed by atoms with Crippen LogP contribution < -0.4 is 5.73 Å². The summed E-state index contributed by atoms with van der Waals surface area (Å²) in [6.07, 6.45) is 6.60. The Morgan fingerprint density at radius 3 is 1.67 bits per heavy atom. The molecule has 0 unspecified atom stereocenters. The first-order valence-corrected chi connectivity index (χ1v) is 4.96. The summed E-state index contributed by atoms with van der Waals surface area (Å²) in [4.78, 5) is 2.00. The molecule has 0 saturated carbocycles. The summed E-state index contributed by atoms with van der Waals surface area (Å²) in [5, 5.41) is 0. The first-order valence-electron chi connectivity index (χ1n) is 4.96. The van der Waals surface area contributed by atoms with Crippen molar-refractivity contribution in [3.05, 3.63) is 0 Å². The van der Waals surface area contributed by atoms with Gasteiger partial charge in [-0.2, -0.15) is 0 Å². The maximum atomic E-state index is 5.31. The van der Waals surface area contributed by atoms with E-state index in [0.717, 1.165) is 6.54 Å². The zero-order valence-corrected chi connectivity index (χ0v) is 9.27. The van der Waals surface area contributed by atoms with E-state index in [9.17, 15) is 0 Å². The Labute approximate surface area is 78.1 Å². The molecule has 2 nitrogen and oxygen atoms in total. The molecule has 0 rings (SSSR count).